The summed E-state index contributed by atoms with van der Waals surface area (Å²) in [6.07, 6.45) is 2.35. The van der Waals surface area contributed by atoms with Gasteiger partial charge in [-0.2, -0.15) is 0 Å². The fourth-order valence-electron chi connectivity index (χ4n) is 2.00. The standard InChI is InChI=1S/C18H18F2O2/c1-3-5-10-22-18-9-7-14(12-16(18)20)13-6-8-17(21-4-2)15(19)11-13/h3,6-9,11-12H,1,4-5,10H2,2H3. The highest BCUT2D eigenvalue weighted by molar-refractivity contribution is 5.65. The minimum absolute atomic E-state index is 0.178. The van der Waals surface area contributed by atoms with Crippen LogP contribution in [0.4, 0.5) is 8.78 Å². The van der Waals surface area contributed by atoms with Crippen molar-refractivity contribution < 1.29 is 18.3 Å². The van der Waals surface area contributed by atoms with Crippen molar-refractivity contribution in [2.75, 3.05) is 13.2 Å². The molecule has 0 heterocycles. The predicted molar refractivity (Wildman–Crippen MR) is 83.3 cm³/mol. The zero-order valence-electron chi connectivity index (χ0n) is 12.4. The Morgan fingerprint density at radius 1 is 0.955 bits per heavy atom. The third kappa shape index (κ3) is 3.85. The van der Waals surface area contributed by atoms with Crippen molar-refractivity contribution in [2.45, 2.75) is 13.3 Å². The number of halogens is 2. The second-order valence-corrected chi connectivity index (χ2v) is 4.65. The molecule has 0 fully saturated rings. The lowest BCUT2D eigenvalue weighted by atomic mass is 10.0. The molecule has 0 radical (unpaired) electrons. The lowest BCUT2D eigenvalue weighted by molar-refractivity contribution is 0.308. The fraction of sp³-hybridized carbons (Fsp3) is 0.222. The fourth-order valence-corrected chi connectivity index (χ4v) is 2.00. The van der Waals surface area contributed by atoms with Crippen LogP contribution in [0, 0.1) is 11.6 Å². The monoisotopic (exact) mass is 304 g/mol. The van der Waals surface area contributed by atoms with Gasteiger partial charge in [-0.3, -0.25) is 0 Å². The highest BCUT2D eigenvalue weighted by Crippen LogP contribution is 2.29. The Bertz CT molecular complexity index is 654. The molecule has 0 aliphatic heterocycles. The maximum absolute atomic E-state index is 14.0. The van der Waals surface area contributed by atoms with Crippen LogP contribution >= 0.6 is 0 Å². The van der Waals surface area contributed by atoms with Crippen LogP contribution in [-0.4, -0.2) is 13.2 Å². The van der Waals surface area contributed by atoms with Crippen molar-refractivity contribution in [1.82, 2.24) is 0 Å². The summed E-state index contributed by atoms with van der Waals surface area (Å²) in [5.41, 5.74) is 1.16. The molecule has 0 spiro atoms. The quantitative estimate of drug-likeness (QED) is 0.530. The SMILES string of the molecule is C=CCCOc1ccc(-c2ccc(OCC)c(F)c2)cc1F. The average Bonchev–Trinajstić information content (AvgIpc) is 2.51. The van der Waals surface area contributed by atoms with Crippen LogP contribution in [0.3, 0.4) is 0 Å². The van der Waals surface area contributed by atoms with Gasteiger partial charge in [0.05, 0.1) is 13.2 Å². The number of hydrogen-bond acceptors (Lipinski definition) is 2. The van der Waals surface area contributed by atoms with Crippen LogP contribution in [0.1, 0.15) is 13.3 Å². The van der Waals surface area contributed by atoms with Crippen molar-refractivity contribution in [1.29, 1.82) is 0 Å². The van der Waals surface area contributed by atoms with Gasteiger partial charge in [0.1, 0.15) is 0 Å². The Hall–Kier alpha value is -2.36. The molecule has 4 heteroatoms. The van der Waals surface area contributed by atoms with Crippen LogP contribution in [0.2, 0.25) is 0 Å². The molecule has 2 aromatic carbocycles. The minimum atomic E-state index is -0.476. The molecule has 22 heavy (non-hydrogen) atoms. The van der Waals surface area contributed by atoms with Gasteiger partial charge < -0.3 is 9.47 Å². The van der Waals surface area contributed by atoms with Crippen molar-refractivity contribution in [3.63, 3.8) is 0 Å². The van der Waals surface area contributed by atoms with Crippen molar-refractivity contribution in [3.05, 3.63) is 60.7 Å². The van der Waals surface area contributed by atoms with Crippen molar-refractivity contribution in [2.24, 2.45) is 0 Å². The molecule has 0 atom stereocenters. The summed E-state index contributed by atoms with van der Waals surface area (Å²) < 4.78 is 38.3. The van der Waals surface area contributed by atoms with Crippen molar-refractivity contribution in [3.8, 4) is 22.6 Å². The first-order valence-corrected chi connectivity index (χ1v) is 7.11. The largest absolute Gasteiger partial charge is 0.491 e. The summed E-state index contributed by atoms with van der Waals surface area (Å²) in [6, 6.07) is 9.14. The van der Waals surface area contributed by atoms with Crippen LogP contribution in [-0.2, 0) is 0 Å². The predicted octanol–water partition coefficient (Wildman–Crippen LogP) is 4.99. The summed E-state index contributed by atoms with van der Waals surface area (Å²) in [6.45, 7) is 6.13. The molecule has 2 nitrogen and oxygen atoms in total. The summed E-state index contributed by atoms with van der Waals surface area (Å²) in [7, 11) is 0. The van der Waals surface area contributed by atoms with E-state index < -0.39 is 11.6 Å². The lowest BCUT2D eigenvalue weighted by Gasteiger charge is -2.09. The second kappa shape index (κ2) is 7.59. The van der Waals surface area contributed by atoms with E-state index in [1.165, 1.54) is 12.1 Å². The van der Waals surface area contributed by atoms with Gasteiger partial charge in [0.15, 0.2) is 23.1 Å². The molecule has 2 rings (SSSR count). The third-order valence-electron chi connectivity index (χ3n) is 3.08. The molecular weight excluding hydrogens is 286 g/mol. The first kappa shape index (κ1) is 16.0. The summed E-state index contributed by atoms with van der Waals surface area (Å²) >= 11 is 0. The zero-order valence-corrected chi connectivity index (χ0v) is 12.4. The van der Waals surface area contributed by atoms with Gasteiger partial charge in [0.2, 0.25) is 0 Å². The van der Waals surface area contributed by atoms with E-state index in [1.807, 2.05) is 0 Å². The van der Waals surface area contributed by atoms with E-state index in [4.69, 9.17) is 9.47 Å². The Kier molecular flexibility index (Phi) is 5.53. The van der Waals surface area contributed by atoms with Crippen molar-refractivity contribution >= 4 is 0 Å². The minimum Gasteiger partial charge on any atom is -0.491 e. The van der Waals surface area contributed by atoms with Gasteiger partial charge in [-0.15, -0.1) is 6.58 Å². The number of ether oxygens (including phenoxy) is 2. The summed E-state index contributed by atoms with van der Waals surface area (Å²) in [5, 5.41) is 0. The van der Waals surface area contributed by atoms with Crippen LogP contribution in [0.25, 0.3) is 11.1 Å². The molecule has 0 aromatic heterocycles. The number of hydrogen-bond donors (Lipinski definition) is 0. The molecule has 0 bridgehead atoms. The molecule has 0 unspecified atom stereocenters. The number of rotatable bonds is 7. The molecule has 0 aliphatic carbocycles. The Balaban J connectivity index is 2.20. The molecule has 0 saturated carbocycles. The van der Waals surface area contributed by atoms with Gasteiger partial charge >= 0.3 is 0 Å². The highest BCUT2D eigenvalue weighted by atomic mass is 19.1. The van der Waals surface area contributed by atoms with Gasteiger partial charge in [0.25, 0.3) is 0 Å². The van der Waals surface area contributed by atoms with E-state index in [0.29, 0.717) is 30.8 Å². The van der Waals surface area contributed by atoms with E-state index in [0.717, 1.165) is 0 Å². The van der Waals surface area contributed by atoms with E-state index in [-0.39, 0.29) is 11.5 Å². The third-order valence-corrected chi connectivity index (χ3v) is 3.08. The summed E-state index contributed by atoms with van der Waals surface area (Å²) in [5.74, 6) is -0.574. The second-order valence-electron chi connectivity index (χ2n) is 4.65. The average molecular weight is 304 g/mol. The van der Waals surface area contributed by atoms with Crippen LogP contribution in [0.5, 0.6) is 11.5 Å². The maximum atomic E-state index is 14.0. The lowest BCUT2D eigenvalue weighted by Crippen LogP contribution is -1.98. The molecule has 0 amide bonds. The Morgan fingerprint density at radius 3 is 1.95 bits per heavy atom. The van der Waals surface area contributed by atoms with Gasteiger partial charge in [-0.25, -0.2) is 8.78 Å². The first-order chi connectivity index (χ1) is 10.7. The zero-order chi connectivity index (χ0) is 15.9. The van der Waals surface area contributed by atoms with E-state index in [2.05, 4.69) is 6.58 Å². The Morgan fingerprint density at radius 2 is 1.50 bits per heavy atom. The molecule has 0 aliphatic rings. The summed E-state index contributed by atoms with van der Waals surface area (Å²) in [4.78, 5) is 0. The normalized spacial score (nSPS) is 10.3. The number of benzene rings is 2. The van der Waals surface area contributed by atoms with E-state index in [1.54, 1.807) is 37.3 Å². The smallest absolute Gasteiger partial charge is 0.165 e. The van der Waals surface area contributed by atoms with Gasteiger partial charge in [-0.05, 0) is 48.7 Å². The molecule has 2 aromatic rings. The van der Waals surface area contributed by atoms with E-state index in [9.17, 15) is 8.78 Å². The molecular formula is C18H18F2O2. The topological polar surface area (TPSA) is 18.5 Å². The Labute approximate surface area is 129 Å². The first-order valence-electron chi connectivity index (χ1n) is 7.11. The van der Waals surface area contributed by atoms with Crippen LogP contribution in [0.15, 0.2) is 49.1 Å². The van der Waals surface area contributed by atoms with E-state index >= 15 is 0 Å². The maximum Gasteiger partial charge on any atom is 0.165 e. The molecule has 0 saturated heterocycles. The molecule has 116 valence electrons. The van der Waals surface area contributed by atoms with Crippen LogP contribution < -0.4 is 9.47 Å². The van der Waals surface area contributed by atoms with Gasteiger partial charge in [-0.1, -0.05) is 18.2 Å². The highest BCUT2D eigenvalue weighted by Gasteiger charge is 2.09. The molecule has 0 N–H and O–H groups in total. The van der Waals surface area contributed by atoms with Gasteiger partial charge in [0, 0.05) is 0 Å².